The number of hydrogen-bond donors (Lipinski definition) is 0. The predicted octanol–water partition coefficient (Wildman–Crippen LogP) is 3.09. The Bertz CT molecular complexity index is 413. The molecule has 1 fully saturated rings. The normalized spacial score (nSPS) is 20.1. The molecule has 17 heavy (non-hydrogen) atoms. The lowest BCUT2D eigenvalue weighted by Crippen LogP contribution is -2.45. The number of thiophene rings is 1. The van der Waals surface area contributed by atoms with Crippen LogP contribution in [0.2, 0.25) is 0 Å². The number of hydrogen-bond acceptors (Lipinski definition) is 4. The first-order chi connectivity index (χ1) is 8.11. The maximum Gasteiger partial charge on any atom is 0.133 e. The molecular formula is C11H13Br2N3S. The van der Waals surface area contributed by atoms with Crippen molar-refractivity contribution in [2.45, 2.75) is 6.04 Å². The van der Waals surface area contributed by atoms with E-state index in [0.29, 0.717) is 0 Å². The van der Waals surface area contributed by atoms with Crippen molar-refractivity contribution in [2.24, 2.45) is 0 Å². The summed E-state index contributed by atoms with van der Waals surface area (Å²) in [4.78, 5) is 5.66. The minimum absolute atomic E-state index is 0.115. The number of rotatable bonds is 2. The predicted molar refractivity (Wildman–Crippen MR) is 77.1 cm³/mol. The van der Waals surface area contributed by atoms with Gasteiger partial charge in [-0.3, -0.25) is 4.90 Å². The van der Waals surface area contributed by atoms with Gasteiger partial charge >= 0.3 is 0 Å². The molecule has 2 heterocycles. The van der Waals surface area contributed by atoms with Crippen LogP contribution in [0.4, 0.5) is 0 Å². The van der Waals surface area contributed by atoms with Crippen LogP contribution in [0.3, 0.4) is 0 Å². The Morgan fingerprint density at radius 1 is 1.35 bits per heavy atom. The average molecular weight is 379 g/mol. The van der Waals surface area contributed by atoms with Crippen molar-refractivity contribution in [3.63, 3.8) is 0 Å². The summed E-state index contributed by atoms with van der Waals surface area (Å²) in [7, 11) is 2.12. The Morgan fingerprint density at radius 3 is 2.47 bits per heavy atom. The molecule has 1 aliphatic heterocycles. The monoisotopic (exact) mass is 377 g/mol. The zero-order chi connectivity index (χ0) is 12.4. The second-order valence-corrected chi connectivity index (χ2v) is 7.40. The minimum Gasteiger partial charge on any atom is -0.304 e. The molecule has 6 heteroatoms. The molecule has 0 saturated carbocycles. The molecule has 1 aliphatic rings. The van der Waals surface area contributed by atoms with Gasteiger partial charge in [-0.05, 0) is 45.0 Å². The fraction of sp³-hybridized carbons (Fsp3) is 0.545. The molecule has 3 nitrogen and oxygen atoms in total. The highest BCUT2D eigenvalue weighted by molar-refractivity contribution is 9.13. The average Bonchev–Trinajstić information content (AvgIpc) is 2.63. The molecule has 0 amide bonds. The van der Waals surface area contributed by atoms with Crippen molar-refractivity contribution < 1.29 is 0 Å². The second kappa shape index (κ2) is 5.81. The Morgan fingerprint density at radius 2 is 2.00 bits per heavy atom. The third-order valence-electron chi connectivity index (χ3n) is 2.96. The smallest absolute Gasteiger partial charge is 0.133 e. The molecule has 1 atom stereocenters. The highest BCUT2D eigenvalue weighted by Gasteiger charge is 2.25. The van der Waals surface area contributed by atoms with Gasteiger partial charge in [-0.2, -0.15) is 5.26 Å². The molecule has 1 aromatic heterocycles. The van der Waals surface area contributed by atoms with E-state index in [1.54, 1.807) is 11.3 Å². The largest absolute Gasteiger partial charge is 0.304 e. The first-order valence-corrected chi connectivity index (χ1v) is 7.79. The summed E-state index contributed by atoms with van der Waals surface area (Å²) in [6.07, 6.45) is 0. The van der Waals surface area contributed by atoms with Gasteiger partial charge in [-0.15, -0.1) is 11.3 Å². The highest BCUT2D eigenvalue weighted by Crippen LogP contribution is 2.37. The fourth-order valence-corrected chi connectivity index (χ4v) is 4.07. The van der Waals surface area contributed by atoms with Crippen molar-refractivity contribution in [3.05, 3.63) is 19.2 Å². The van der Waals surface area contributed by atoms with E-state index in [2.05, 4.69) is 54.8 Å². The van der Waals surface area contributed by atoms with Gasteiger partial charge in [0, 0.05) is 35.5 Å². The van der Waals surface area contributed by atoms with Crippen molar-refractivity contribution in [3.8, 4) is 6.07 Å². The van der Waals surface area contributed by atoms with E-state index >= 15 is 0 Å². The number of piperazine rings is 1. The van der Waals surface area contributed by atoms with Crippen molar-refractivity contribution in [1.82, 2.24) is 9.80 Å². The molecule has 1 unspecified atom stereocenters. The highest BCUT2D eigenvalue weighted by atomic mass is 79.9. The molecule has 0 aromatic carbocycles. The number of nitriles is 1. The van der Waals surface area contributed by atoms with Gasteiger partial charge in [0.15, 0.2) is 0 Å². The molecule has 92 valence electrons. The zero-order valence-corrected chi connectivity index (χ0v) is 13.5. The Kier molecular flexibility index (Phi) is 4.61. The van der Waals surface area contributed by atoms with Crippen LogP contribution in [0.15, 0.2) is 14.3 Å². The summed E-state index contributed by atoms with van der Waals surface area (Å²) in [5.74, 6) is 0. The number of halogens is 2. The first-order valence-electron chi connectivity index (χ1n) is 5.38. The molecule has 0 radical (unpaired) electrons. The van der Waals surface area contributed by atoms with E-state index in [0.717, 1.165) is 39.3 Å². The molecular weight excluding hydrogens is 366 g/mol. The summed E-state index contributed by atoms with van der Waals surface area (Å²) in [5, 5.41) is 9.37. The van der Waals surface area contributed by atoms with Crippen LogP contribution in [0.5, 0.6) is 0 Å². The van der Waals surface area contributed by atoms with Crippen LogP contribution in [0, 0.1) is 11.3 Å². The fourth-order valence-electron chi connectivity index (χ4n) is 1.90. The maximum absolute atomic E-state index is 9.37. The summed E-state index contributed by atoms with van der Waals surface area (Å²) in [5.41, 5.74) is 0. The zero-order valence-electron chi connectivity index (χ0n) is 9.49. The van der Waals surface area contributed by atoms with Crippen molar-refractivity contribution >= 4 is 43.2 Å². The lowest BCUT2D eigenvalue weighted by atomic mass is 10.2. The lowest BCUT2D eigenvalue weighted by molar-refractivity contribution is 0.134. The molecule has 1 aromatic rings. The Labute approximate surface area is 122 Å². The van der Waals surface area contributed by atoms with Gasteiger partial charge in [-0.1, -0.05) is 0 Å². The second-order valence-electron chi connectivity index (χ2n) is 4.14. The SMILES string of the molecule is CN1CCN(C(C#N)c2cc(Br)c(Br)s2)CC1. The van der Waals surface area contributed by atoms with Gasteiger partial charge in [0.2, 0.25) is 0 Å². The topological polar surface area (TPSA) is 30.3 Å². The van der Waals surface area contributed by atoms with E-state index in [9.17, 15) is 5.26 Å². The van der Waals surface area contributed by atoms with E-state index in [-0.39, 0.29) is 6.04 Å². The number of likely N-dealkylation sites (N-methyl/N-ethyl adjacent to an activating group) is 1. The van der Waals surface area contributed by atoms with Gasteiger partial charge in [0.05, 0.1) is 9.86 Å². The van der Waals surface area contributed by atoms with Crippen LogP contribution in [-0.2, 0) is 0 Å². The van der Waals surface area contributed by atoms with Gasteiger partial charge in [0.1, 0.15) is 6.04 Å². The summed E-state index contributed by atoms with van der Waals surface area (Å²) in [6.45, 7) is 3.99. The van der Waals surface area contributed by atoms with Gasteiger partial charge in [0.25, 0.3) is 0 Å². The molecule has 2 rings (SSSR count). The first kappa shape index (κ1) is 13.5. The molecule has 0 bridgehead atoms. The van der Waals surface area contributed by atoms with E-state index in [1.165, 1.54) is 0 Å². The summed E-state index contributed by atoms with van der Waals surface area (Å²) >= 11 is 8.59. The van der Waals surface area contributed by atoms with Crippen LogP contribution < -0.4 is 0 Å². The van der Waals surface area contributed by atoms with Crippen LogP contribution in [0.25, 0.3) is 0 Å². The Balaban J connectivity index is 2.14. The van der Waals surface area contributed by atoms with Crippen LogP contribution in [-0.4, -0.2) is 43.0 Å². The minimum atomic E-state index is -0.115. The Hall–Kier alpha value is 0.0700. The number of nitrogens with zero attached hydrogens (tertiary/aromatic N) is 3. The van der Waals surface area contributed by atoms with Crippen LogP contribution in [0.1, 0.15) is 10.9 Å². The van der Waals surface area contributed by atoms with E-state index in [1.807, 2.05) is 6.07 Å². The van der Waals surface area contributed by atoms with E-state index in [4.69, 9.17) is 0 Å². The molecule has 1 saturated heterocycles. The molecule has 0 aliphatic carbocycles. The molecule has 0 N–H and O–H groups in total. The molecule has 0 spiro atoms. The van der Waals surface area contributed by atoms with Crippen molar-refractivity contribution in [2.75, 3.05) is 33.2 Å². The third kappa shape index (κ3) is 3.09. The maximum atomic E-state index is 9.37. The third-order valence-corrected chi connectivity index (χ3v) is 6.27. The van der Waals surface area contributed by atoms with Gasteiger partial charge in [-0.25, -0.2) is 0 Å². The van der Waals surface area contributed by atoms with Gasteiger partial charge < -0.3 is 4.90 Å². The van der Waals surface area contributed by atoms with Crippen LogP contribution >= 0.6 is 43.2 Å². The quantitative estimate of drug-likeness (QED) is 0.792. The summed E-state index contributed by atoms with van der Waals surface area (Å²) < 4.78 is 2.09. The standard InChI is InChI=1S/C11H13Br2N3S/c1-15-2-4-16(5-3-15)9(7-14)10-6-8(12)11(13)17-10/h6,9H,2-5H2,1H3. The van der Waals surface area contributed by atoms with E-state index < -0.39 is 0 Å². The summed E-state index contributed by atoms with van der Waals surface area (Å²) in [6, 6.07) is 4.35. The van der Waals surface area contributed by atoms with Crippen molar-refractivity contribution in [1.29, 1.82) is 5.26 Å². The lowest BCUT2D eigenvalue weighted by Gasteiger charge is -2.34.